The average molecular weight is 451 g/mol. The molecule has 0 aliphatic carbocycles. The Bertz CT molecular complexity index is 1230. The van der Waals surface area contributed by atoms with E-state index in [1.165, 1.54) is 17.8 Å². The monoisotopic (exact) mass is 451 g/mol. The van der Waals surface area contributed by atoms with Gasteiger partial charge in [-0.05, 0) is 36.4 Å². The number of rotatable bonds is 5. The number of nitrogens with one attached hydrogen (secondary N) is 1. The number of methoxy groups -OCH3 is 1. The first-order valence-electron chi connectivity index (χ1n) is 9.78. The van der Waals surface area contributed by atoms with Crippen molar-refractivity contribution < 1.29 is 18.3 Å². The Hall–Kier alpha value is -3.52. The molecule has 3 aromatic carbocycles. The van der Waals surface area contributed by atoms with Crippen LogP contribution in [0, 0.1) is 11.6 Å². The van der Waals surface area contributed by atoms with Crippen LogP contribution in [-0.4, -0.2) is 29.5 Å². The minimum Gasteiger partial charge on any atom is -0.497 e. The minimum absolute atomic E-state index is 0.0171. The summed E-state index contributed by atoms with van der Waals surface area (Å²) in [7, 11) is 1.61. The summed E-state index contributed by atoms with van der Waals surface area (Å²) in [4.78, 5) is 21.9. The van der Waals surface area contributed by atoms with Crippen molar-refractivity contribution in [2.45, 2.75) is 6.42 Å². The van der Waals surface area contributed by atoms with E-state index in [0.717, 1.165) is 34.8 Å². The lowest BCUT2D eigenvalue weighted by atomic mass is 10.1. The van der Waals surface area contributed by atoms with Gasteiger partial charge in [0.2, 0.25) is 5.91 Å². The maximum absolute atomic E-state index is 13.8. The van der Waals surface area contributed by atoms with E-state index < -0.39 is 17.5 Å². The van der Waals surface area contributed by atoms with Gasteiger partial charge >= 0.3 is 0 Å². The van der Waals surface area contributed by atoms with Crippen molar-refractivity contribution >= 4 is 45.5 Å². The van der Waals surface area contributed by atoms with Gasteiger partial charge in [0.25, 0.3) is 0 Å². The molecule has 1 heterocycles. The van der Waals surface area contributed by atoms with Gasteiger partial charge in [-0.15, -0.1) is 11.8 Å². The summed E-state index contributed by atoms with van der Waals surface area (Å²) in [5, 5.41) is 3.17. The quantitative estimate of drug-likeness (QED) is 0.525. The zero-order chi connectivity index (χ0) is 22.5. The zero-order valence-corrected chi connectivity index (χ0v) is 18.0. The summed E-state index contributed by atoms with van der Waals surface area (Å²) >= 11 is 1.25. The molecule has 0 fully saturated rings. The van der Waals surface area contributed by atoms with E-state index in [1.807, 2.05) is 48.5 Å². The second-order valence-corrected chi connectivity index (χ2v) is 7.97. The highest BCUT2D eigenvalue weighted by Gasteiger charge is 2.17. The Balaban J connectivity index is 1.53. The molecule has 1 amide bonds. The number of hydrogen-bond donors (Lipinski definition) is 1. The number of carbonyl (C=O) groups is 1. The molecule has 1 aliphatic heterocycles. The van der Waals surface area contributed by atoms with Crippen molar-refractivity contribution in [3.8, 4) is 5.75 Å². The van der Waals surface area contributed by atoms with Crippen LogP contribution >= 0.6 is 11.8 Å². The highest BCUT2D eigenvalue weighted by Crippen LogP contribution is 2.33. The number of hydrogen-bond acceptors (Lipinski definition) is 5. The molecule has 32 heavy (non-hydrogen) atoms. The van der Waals surface area contributed by atoms with Crippen LogP contribution in [0.15, 0.2) is 76.7 Å². The molecule has 1 aliphatic rings. The van der Waals surface area contributed by atoms with Crippen molar-refractivity contribution in [3.05, 3.63) is 83.9 Å². The topological polar surface area (TPSA) is 63.1 Å². The Kier molecular flexibility index (Phi) is 6.61. The molecule has 1 N–H and O–H groups in total. The second kappa shape index (κ2) is 9.74. The fourth-order valence-electron chi connectivity index (χ4n) is 3.13. The lowest BCUT2D eigenvalue weighted by molar-refractivity contribution is -0.113. The number of aliphatic imine (C=N–C) groups is 2. The first-order chi connectivity index (χ1) is 15.5. The van der Waals surface area contributed by atoms with E-state index in [1.54, 1.807) is 7.11 Å². The molecule has 4 rings (SSSR count). The van der Waals surface area contributed by atoms with Gasteiger partial charge in [-0.1, -0.05) is 24.3 Å². The molecule has 3 aromatic rings. The number of benzene rings is 3. The number of carbonyl (C=O) groups excluding carboxylic acids is 1. The van der Waals surface area contributed by atoms with Gasteiger partial charge in [-0.25, -0.2) is 13.8 Å². The van der Waals surface area contributed by atoms with Gasteiger partial charge in [-0.3, -0.25) is 9.79 Å². The Labute approximate surface area is 188 Å². The van der Waals surface area contributed by atoms with E-state index in [4.69, 9.17) is 14.7 Å². The lowest BCUT2D eigenvalue weighted by Gasteiger charge is -2.09. The largest absolute Gasteiger partial charge is 0.497 e. The molecular weight excluding hydrogens is 432 g/mol. The molecule has 8 heteroatoms. The Morgan fingerprint density at radius 3 is 2.56 bits per heavy atom. The first-order valence-corrected chi connectivity index (χ1v) is 10.8. The molecule has 5 nitrogen and oxygen atoms in total. The fraction of sp³-hybridized carbons (Fsp3) is 0.125. The number of amides is 1. The highest BCUT2D eigenvalue weighted by atomic mass is 32.2. The number of anilines is 1. The van der Waals surface area contributed by atoms with Gasteiger partial charge in [-0.2, -0.15) is 0 Å². The number of halogens is 2. The van der Waals surface area contributed by atoms with Crippen LogP contribution in [0.5, 0.6) is 5.75 Å². The molecule has 0 saturated carbocycles. The SMILES string of the molecule is COc1cccc(C2=Nc3ccccc3N=C(SCC(=O)Nc3ccc(F)cc3F)C2)c1. The summed E-state index contributed by atoms with van der Waals surface area (Å²) in [6.45, 7) is 0. The van der Waals surface area contributed by atoms with Crippen molar-refractivity contribution in [2.75, 3.05) is 18.2 Å². The van der Waals surface area contributed by atoms with Crippen LogP contribution in [0.4, 0.5) is 25.8 Å². The van der Waals surface area contributed by atoms with E-state index in [0.29, 0.717) is 17.2 Å². The number of ether oxygens (including phenoxy) is 1. The molecule has 0 unspecified atom stereocenters. The van der Waals surface area contributed by atoms with Crippen molar-refractivity contribution in [2.24, 2.45) is 9.98 Å². The van der Waals surface area contributed by atoms with Crippen LogP contribution in [-0.2, 0) is 4.79 Å². The van der Waals surface area contributed by atoms with Crippen molar-refractivity contribution in [1.29, 1.82) is 0 Å². The van der Waals surface area contributed by atoms with Crippen LogP contribution in [0.3, 0.4) is 0 Å². The number of para-hydroxylation sites is 2. The van der Waals surface area contributed by atoms with Crippen molar-refractivity contribution in [1.82, 2.24) is 0 Å². The average Bonchev–Trinajstić information content (AvgIpc) is 2.99. The molecule has 0 saturated heterocycles. The van der Waals surface area contributed by atoms with E-state index in [9.17, 15) is 13.6 Å². The highest BCUT2D eigenvalue weighted by molar-refractivity contribution is 8.14. The minimum atomic E-state index is -0.823. The van der Waals surface area contributed by atoms with Gasteiger partial charge < -0.3 is 10.1 Å². The van der Waals surface area contributed by atoms with Gasteiger partial charge in [0.15, 0.2) is 0 Å². The molecular formula is C24H19F2N3O2S. The summed E-state index contributed by atoms with van der Waals surface area (Å²) in [6.07, 6.45) is 0.421. The van der Waals surface area contributed by atoms with Crippen LogP contribution < -0.4 is 10.1 Å². The number of thioether (sulfide) groups is 1. The normalized spacial score (nSPS) is 12.8. The molecule has 162 valence electrons. The standard InChI is InChI=1S/C24H19F2N3O2S/c1-31-17-6-4-5-15(11-17)22-13-24(29-21-8-3-2-7-20(21)27-22)32-14-23(30)28-19-10-9-16(25)12-18(19)26/h2-12H,13-14H2,1H3,(H,28,30). The van der Waals surface area contributed by atoms with E-state index in [-0.39, 0.29) is 11.4 Å². The van der Waals surface area contributed by atoms with Gasteiger partial charge in [0, 0.05) is 18.1 Å². The van der Waals surface area contributed by atoms with Gasteiger partial charge in [0.1, 0.15) is 17.4 Å². The van der Waals surface area contributed by atoms with E-state index in [2.05, 4.69) is 5.32 Å². The molecule has 0 bridgehead atoms. The third kappa shape index (κ3) is 5.20. The molecule has 0 aromatic heterocycles. The Morgan fingerprint density at radius 1 is 1.03 bits per heavy atom. The van der Waals surface area contributed by atoms with Gasteiger partial charge in [0.05, 0.1) is 40.7 Å². The van der Waals surface area contributed by atoms with Crippen LogP contribution in [0.25, 0.3) is 0 Å². The van der Waals surface area contributed by atoms with Crippen LogP contribution in [0.2, 0.25) is 0 Å². The van der Waals surface area contributed by atoms with E-state index >= 15 is 0 Å². The number of nitrogens with zero attached hydrogens (tertiary/aromatic N) is 2. The predicted molar refractivity (Wildman–Crippen MR) is 125 cm³/mol. The third-order valence-corrected chi connectivity index (χ3v) is 5.65. The molecule has 0 spiro atoms. The van der Waals surface area contributed by atoms with Crippen LogP contribution in [0.1, 0.15) is 12.0 Å². The smallest absolute Gasteiger partial charge is 0.234 e. The lowest BCUT2D eigenvalue weighted by Crippen LogP contribution is -2.17. The number of fused-ring (bicyclic) bond motifs is 1. The Morgan fingerprint density at radius 2 is 1.81 bits per heavy atom. The zero-order valence-electron chi connectivity index (χ0n) is 17.1. The predicted octanol–water partition coefficient (Wildman–Crippen LogP) is 5.90. The summed E-state index contributed by atoms with van der Waals surface area (Å²) in [6, 6.07) is 18.1. The summed E-state index contributed by atoms with van der Waals surface area (Å²) < 4.78 is 32.2. The molecule has 0 atom stereocenters. The maximum Gasteiger partial charge on any atom is 0.234 e. The maximum atomic E-state index is 13.8. The second-order valence-electron chi connectivity index (χ2n) is 6.92. The summed E-state index contributed by atoms with van der Waals surface area (Å²) in [5.41, 5.74) is 3.07. The first kappa shape index (κ1) is 21.7. The summed E-state index contributed by atoms with van der Waals surface area (Å²) in [5.74, 6) is -1.21. The van der Waals surface area contributed by atoms with Crippen molar-refractivity contribution in [3.63, 3.8) is 0 Å². The third-order valence-electron chi connectivity index (χ3n) is 4.68. The fourth-order valence-corrected chi connectivity index (χ4v) is 3.91. The molecule has 0 radical (unpaired) electrons.